The molecule has 1 aromatic carbocycles. The molecule has 0 bridgehead atoms. The highest BCUT2D eigenvalue weighted by Gasteiger charge is 2.45. The fraction of sp³-hybridized carbons (Fsp3) is 0.591. The Labute approximate surface area is 172 Å². The van der Waals surface area contributed by atoms with Crippen LogP contribution < -0.4 is 5.73 Å². The van der Waals surface area contributed by atoms with Gasteiger partial charge < -0.3 is 15.2 Å². The van der Waals surface area contributed by atoms with Crippen LogP contribution in [-0.2, 0) is 25.7 Å². The maximum absolute atomic E-state index is 13.1. The Hall–Kier alpha value is -2.41. The molecule has 2 rings (SSSR count). The predicted molar refractivity (Wildman–Crippen MR) is 109 cm³/mol. The van der Waals surface area contributed by atoms with Crippen LogP contribution in [0.15, 0.2) is 30.3 Å². The third-order valence-electron chi connectivity index (χ3n) is 5.03. The van der Waals surface area contributed by atoms with Crippen LogP contribution in [0.3, 0.4) is 0 Å². The number of benzene rings is 1. The lowest BCUT2D eigenvalue weighted by atomic mass is 9.84. The average molecular weight is 405 g/mol. The lowest BCUT2D eigenvalue weighted by molar-refractivity contribution is -0.167. The monoisotopic (exact) mass is 404 g/mol. The molecule has 160 valence electrons. The Morgan fingerprint density at radius 1 is 1.10 bits per heavy atom. The van der Waals surface area contributed by atoms with Crippen molar-refractivity contribution in [3.05, 3.63) is 35.9 Å². The van der Waals surface area contributed by atoms with Gasteiger partial charge in [-0.15, -0.1) is 0 Å². The predicted octanol–water partition coefficient (Wildman–Crippen LogP) is 3.40. The number of carbonyl (C=O) groups excluding carboxylic acids is 3. The van der Waals surface area contributed by atoms with Crippen molar-refractivity contribution in [1.82, 2.24) is 4.90 Å². The molecule has 29 heavy (non-hydrogen) atoms. The van der Waals surface area contributed by atoms with Crippen LogP contribution in [0.25, 0.3) is 0 Å². The summed E-state index contributed by atoms with van der Waals surface area (Å²) in [5, 5.41) is 0. The first kappa shape index (κ1) is 22.9. The van der Waals surface area contributed by atoms with Gasteiger partial charge in [-0.3, -0.25) is 4.90 Å². The first-order valence-corrected chi connectivity index (χ1v) is 10.1. The molecule has 1 aliphatic rings. The molecule has 0 radical (unpaired) electrons. The lowest BCUT2D eigenvalue weighted by Gasteiger charge is -2.40. The molecular formula is C22H32N2O5. The van der Waals surface area contributed by atoms with E-state index in [0.29, 0.717) is 0 Å². The van der Waals surface area contributed by atoms with E-state index in [9.17, 15) is 14.4 Å². The van der Waals surface area contributed by atoms with E-state index in [1.165, 1.54) is 11.8 Å². The molecule has 0 aromatic heterocycles. The second-order valence-corrected chi connectivity index (χ2v) is 8.68. The van der Waals surface area contributed by atoms with Gasteiger partial charge in [0.2, 0.25) is 0 Å². The first-order chi connectivity index (χ1) is 13.6. The number of carbonyl (C=O) groups is 3. The summed E-state index contributed by atoms with van der Waals surface area (Å²) < 4.78 is 10.6. The summed E-state index contributed by atoms with van der Waals surface area (Å²) in [4.78, 5) is 39.4. The number of esters is 2. The van der Waals surface area contributed by atoms with Gasteiger partial charge in [0.25, 0.3) is 0 Å². The minimum Gasteiger partial charge on any atom is -0.445 e. The highest BCUT2D eigenvalue weighted by molar-refractivity contribution is 5.92. The number of rotatable bonds is 6. The van der Waals surface area contributed by atoms with Crippen LogP contribution in [0.5, 0.6) is 0 Å². The first-order valence-electron chi connectivity index (χ1n) is 10.1. The second kappa shape index (κ2) is 9.87. The molecule has 2 atom stereocenters. The SMILES string of the molecule is C[C@H](N)C(=O)OC(=O)C(N(C(=O)OCc1ccccc1)C1CCCC1)C(C)(C)C. The Morgan fingerprint density at radius 2 is 1.69 bits per heavy atom. The maximum Gasteiger partial charge on any atom is 0.411 e. The fourth-order valence-electron chi connectivity index (χ4n) is 3.57. The van der Waals surface area contributed by atoms with Crippen LogP contribution in [-0.4, -0.2) is 41.1 Å². The van der Waals surface area contributed by atoms with Gasteiger partial charge in [-0.25, -0.2) is 14.4 Å². The molecule has 1 unspecified atom stereocenters. The lowest BCUT2D eigenvalue weighted by Crippen LogP contribution is -2.57. The number of hydrogen-bond acceptors (Lipinski definition) is 6. The quantitative estimate of drug-likeness (QED) is 0.576. The van der Waals surface area contributed by atoms with Crippen molar-refractivity contribution < 1.29 is 23.9 Å². The van der Waals surface area contributed by atoms with Gasteiger partial charge in [-0.1, -0.05) is 63.9 Å². The Bertz CT molecular complexity index is 706. The van der Waals surface area contributed by atoms with Crippen LogP contribution >= 0.6 is 0 Å². The molecule has 1 aliphatic carbocycles. The van der Waals surface area contributed by atoms with E-state index in [1.807, 2.05) is 51.1 Å². The summed E-state index contributed by atoms with van der Waals surface area (Å²) in [6.07, 6.45) is 2.92. The maximum atomic E-state index is 13.1. The van der Waals surface area contributed by atoms with Crippen LogP contribution in [0.2, 0.25) is 0 Å². The molecule has 0 saturated heterocycles. The number of ether oxygens (including phenoxy) is 2. The molecule has 0 heterocycles. The summed E-state index contributed by atoms with van der Waals surface area (Å²) in [6.45, 7) is 7.06. The minimum atomic E-state index is -0.962. The van der Waals surface area contributed by atoms with Gasteiger partial charge in [0.1, 0.15) is 18.7 Å². The summed E-state index contributed by atoms with van der Waals surface area (Å²) >= 11 is 0. The molecule has 1 saturated carbocycles. The molecule has 2 N–H and O–H groups in total. The third-order valence-corrected chi connectivity index (χ3v) is 5.03. The Morgan fingerprint density at radius 3 is 2.21 bits per heavy atom. The number of nitrogens with zero attached hydrogens (tertiary/aromatic N) is 1. The molecule has 1 aromatic rings. The van der Waals surface area contributed by atoms with Crippen molar-refractivity contribution in [3.8, 4) is 0 Å². The third kappa shape index (κ3) is 6.29. The van der Waals surface area contributed by atoms with Crippen molar-refractivity contribution in [2.45, 2.75) is 78.1 Å². The molecule has 1 fully saturated rings. The van der Waals surface area contributed by atoms with Gasteiger partial charge >= 0.3 is 18.0 Å². The standard InChI is InChI=1S/C22H32N2O5/c1-15(23)19(25)29-20(26)18(22(2,3)4)24(17-12-8-9-13-17)21(27)28-14-16-10-6-5-7-11-16/h5-7,10-11,15,17-18H,8-9,12-14,23H2,1-4H3/t15-,18?/m0/s1. The summed E-state index contributed by atoms with van der Waals surface area (Å²) in [7, 11) is 0. The fourth-order valence-corrected chi connectivity index (χ4v) is 3.57. The molecule has 7 heteroatoms. The van der Waals surface area contributed by atoms with Gasteiger partial charge in [0.05, 0.1) is 0 Å². The molecular weight excluding hydrogens is 372 g/mol. The normalized spacial score (nSPS) is 16.7. The molecule has 7 nitrogen and oxygen atoms in total. The van der Waals surface area contributed by atoms with Crippen molar-refractivity contribution in [2.24, 2.45) is 11.1 Å². The van der Waals surface area contributed by atoms with Crippen LogP contribution in [0.1, 0.15) is 58.9 Å². The van der Waals surface area contributed by atoms with Crippen molar-refractivity contribution in [3.63, 3.8) is 0 Å². The Kier molecular flexibility index (Phi) is 7.79. The summed E-state index contributed by atoms with van der Waals surface area (Å²) in [6, 6.07) is 7.33. The zero-order valence-corrected chi connectivity index (χ0v) is 17.7. The van der Waals surface area contributed by atoms with E-state index in [-0.39, 0.29) is 12.6 Å². The van der Waals surface area contributed by atoms with Gasteiger partial charge in [-0.2, -0.15) is 0 Å². The Balaban J connectivity index is 2.26. The van der Waals surface area contributed by atoms with E-state index in [1.54, 1.807) is 0 Å². The largest absolute Gasteiger partial charge is 0.445 e. The average Bonchev–Trinajstić information content (AvgIpc) is 3.17. The van der Waals surface area contributed by atoms with E-state index >= 15 is 0 Å². The molecule has 0 spiro atoms. The summed E-state index contributed by atoms with van der Waals surface area (Å²) in [5.41, 5.74) is 5.72. The van der Waals surface area contributed by atoms with E-state index in [2.05, 4.69) is 0 Å². The zero-order valence-electron chi connectivity index (χ0n) is 17.7. The second-order valence-electron chi connectivity index (χ2n) is 8.68. The molecule has 0 aliphatic heterocycles. The number of hydrogen-bond donors (Lipinski definition) is 1. The zero-order chi connectivity index (χ0) is 21.6. The van der Waals surface area contributed by atoms with Crippen molar-refractivity contribution in [1.29, 1.82) is 0 Å². The highest BCUT2D eigenvalue weighted by Crippen LogP contribution is 2.33. The van der Waals surface area contributed by atoms with Crippen molar-refractivity contribution >= 4 is 18.0 Å². The van der Waals surface area contributed by atoms with Crippen molar-refractivity contribution in [2.75, 3.05) is 0 Å². The topological polar surface area (TPSA) is 98.9 Å². The van der Waals surface area contributed by atoms with Crippen LogP contribution in [0.4, 0.5) is 4.79 Å². The van der Waals surface area contributed by atoms with Gasteiger partial charge in [-0.05, 0) is 30.7 Å². The van der Waals surface area contributed by atoms with Crippen LogP contribution in [0, 0.1) is 5.41 Å². The van der Waals surface area contributed by atoms with Gasteiger partial charge in [0, 0.05) is 6.04 Å². The summed E-state index contributed by atoms with van der Waals surface area (Å²) in [5.74, 6) is -1.59. The van der Waals surface area contributed by atoms with E-state index in [0.717, 1.165) is 31.2 Å². The minimum absolute atomic E-state index is 0.105. The smallest absolute Gasteiger partial charge is 0.411 e. The number of amides is 1. The van der Waals surface area contributed by atoms with E-state index < -0.39 is 35.5 Å². The van der Waals surface area contributed by atoms with E-state index in [4.69, 9.17) is 15.2 Å². The molecule has 1 amide bonds. The highest BCUT2D eigenvalue weighted by atomic mass is 16.6. The number of nitrogens with two attached hydrogens (primary N) is 1. The van der Waals surface area contributed by atoms with Gasteiger partial charge in [0.15, 0.2) is 0 Å².